The van der Waals surface area contributed by atoms with Crippen molar-refractivity contribution in [2.75, 3.05) is 4.90 Å². The maximum absolute atomic E-state index is 8.96. The molecule has 0 bridgehead atoms. The van der Waals surface area contributed by atoms with E-state index in [1.807, 2.05) is 137 Å². The Morgan fingerprint density at radius 1 is 0.487 bits per heavy atom. The van der Waals surface area contributed by atoms with Gasteiger partial charge in [-0.3, -0.25) is 0 Å². The fraction of sp³-hybridized carbons (Fsp3) is 0.167. The first-order chi connectivity index (χ1) is 40.8. The second kappa shape index (κ2) is 19.1. The minimum Gasteiger partial charge on any atom is -0.509 e. The van der Waals surface area contributed by atoms with Gasteiger partial charge in [0.15, 0.2) is 0 Å². The number of hydrogen-bond acceptors (Lipinski definition) is 3. The van der Waals surface area contributed by atoms with Crippen molar-refractivity contribution in [2.45, 2.75) is 78.3 Å². The first-order valence-corrected chi connectivity index (χ1v) is 26.1. The fourth-order valence-corrected chi connectivity index (χ4v) is 11.3. The number of para-hydroxylation sites is 2. The molecular formula is C72H61N4OPt-3. The minimum atomic E-state index is -3.51. The van der Waals surface area contributed by atoms with Gasteiger partial charge in [-0.15, -0.1) is 35.7 Å². The normalized spacial score (nSPS) is 14.8. The van der Waals surface area contributed by atoms with Crippen LogP contribution in [-0.2, 0) is 37.3 Å². The van der Waals surface area contributed by atoms with Gasteiger partial charge in [0.05, 0.1) is 0 Å². The molecule has 4 heterocycles. The fourth-order valence-electron chi connectivity index (χ4n) is 11.3. The maximum atomic E-state index is 8.96. The van der Waals surface area contributed by atoms with Crippen molar-refractivity contribution in [2.24, 2.45) is 0 Å². The third kappa shape index (κ3) is 8.70. The molecule has 0 aliphatic carbocycles. The van der Waals surface area contributed by atoms with Crippen LogP contribution in [0.5, 0.6) is 11.5 Å². The van der Waals surface area contributed by atoms with E-state index in [-0.39, 0.29) is 32.0 Å². The number of benzene rings is 9. The Hall–Kier alpha value is -8.11. The molecule has 0 saturated heterocycles. The number of rotatable bonds is 6. The molecule has 0 unspecified atom stereocenters. The summed E-state index contributed by atoms with van der Waals surface area (Å²) in [5.41, 5.74) is 4.71. The molecule has 1 aliphatic rings. The Kier molecular flexibility index (Phi) is 10.1. The van der Waals surface area contributed by atoms with Crippen LogP contribution in [0.1, 0.15) is 91.1 Å². The minimum absolute atomic E-state index is 0. The van der Waals surface area contributed by atoms with E-state index < -0.39 is 31.4 Å². The monoisotopic (exact) mass is 1200 g/mol. The number of ether oxygens (including phenoxy) is 1. The van der Waals surface area contributed by atoms with Gasteiger partial charge in [-0.05, 0) is 135 Å². The van der Waals surface area contributed by atoms with E-state index in [1.54, 1.807) is 0 Å². The van der Waals surface area contributed by atoms with E-state index in [2.05, 4.69) is 126 Å². The summed E-state index contributed by atoms with van der Waals surface area (Å²) >= 11 is 0. The molecule has 3 aromatic heterocycles. The summed E-state index contributed by atoms with van der Waals surface area (Å²) in [5, 5.41) is 7.65. The van der Waals surface area contributed by atoms with Crippen molar-refractivity contribution in [1.82, 2.24) is 14.1 Å². The Labute approximate surface area is 485 Å². The zero-order valence-electron chi connectivity index (χ0n) is 53.1. The molecule has 6 heteroatoms. The number of nitrogens with zero attached hydrogens (tertiary/aromatic N) is 4. The average Bonchev–Trinajstić information content (AvgIpc) is 1.40. The van der Waals surface area contributed by atoms with Crippen LogP contribution in [0, 0.1) is 18.8 Å². The van der Waals surface area contributed by atoms with E-state index in [0.29, 0.717) is 39.4 Å². The smallest absolute Gasteiger partial charge is 0.135 e. The van der Waals surface area contributed by atoms with Gasteiger partial charge in [0.1, 0.15) is 5.82 Å². The van der Waals surface area contributed by atoms with Gasteiger partial charge in [-0.1, -0.05) is 213 Å². The van der Waals surface area contributed by atoms with E-state index in [4.69, 9.17) is 22.1 Å². The molecule has 0 N–H and O–H groups in total. The molecule has 388 valence electrons. The summed E-state index contributed by atoms with van der Waals surface area (Å²) in [5.74, 6) is 1.71. The molecule has 1 aliphatic heterocycles. The number of hydrogen-bond donors (Lipinski definition) is 0. The summed E-state index contributed by atoms with van der Waals surface area (Å²) in [4.78, 5) is 6.97. The van der Waals surface area contributed by atoms with Crippen LogP contribution in [0.4, 0.5) is 11.4 Å². The van der Waals surface area contributed by atoms with Gasteiger partial charge < -0.3 is 18.8 Å². The largest absolute Gasteiger partial charge is 0.509 e. The number of pyridine rings is 1. The summed E-state index contributed by atoms with van der Waals surface area (Å²) in [6, 6.07) is 71.4. The van der Waals surface area contributed by atoms with Gasteiger partial charge in [0, 0.05) is 62.3 Å². The summed E-state index contributed by atoms with van der Waals surface area (Å²) in [6.07, 6.45) is 1.86. The maximum Gasteiger partial charge on any atom is 0.135 e. The summed E-state index contributed by atoms with van der Waals surface area (Å²) in [6.45, 7) is 3.93. The van der Waals surface area contributed by atoms with Crippen molar-refractivity contribution >= 4 is 76.5 Å². The van der Waals surface area contributed by atoms with Crippen LogP contribution in [0.3, 0.4) is 0 Å². The molecule has 13 rings (SSSR count). The predicted octanol–water partition coefficient (Wildman–Crippen LogP) is 19.5. The predicted molar refractivity (Wildman–Crippen MR) is 324 cm³/mol. The number of fused-ring (bicyclic) bond motifs is 10. The summed E-state index contributed by atoms with van der Waals surface area (Å²) < 4.78 is 91.8. The molecule has 78 heavy (non-hydrogen) atoms. The van der Waals surface area contributed by atoms with Crippen LogP contribution in [-0.4, -0.2) is 14.1 Å². The number of aromatic nitrogens is 3. The van der Waals surface area contributed by atoms with Gasteiger partial charge in [0.2, 0.25) is 0 Å². The molecule has 0 amide bonds. The van der Waals surface area contributed by atoms with Gasteiger partial charge in [-0.2, -0.15) is 12.1 Å². The molecule has 0 spiro atoms. The van der Waals surface area contributed by atoms with Crippen LogP contribution >= 0.6 is 0 Å². The van der Waals surface area contributed by atoms with Crippen molar-refractivity contribution < 1.29 is 38.1 Å². The first-order valence-electron chi connectivity index (χ1n) is 30.6. The quantitative estimate of drug-likeness (QED) is 0.156. The molecule has 0 atom stereocenters. The third-order valence-corrected chi connectivity index (χ3v) is 15.1. The third-order valence-electron chi connectivity index (χ3n) is 15.1. The van der Waals surface area contributed by atoms with E-state index in [0.717, 1.165) is 87.8 Å². The molecule has 0 radical (unpaired) electrons. The SMILES string of the molecule is [2H]C([2H])([2H])C(c1cc(-c2c(-c3ccccc3)ccc3c4ccccc4c4ccccc4c4cccc5c4n(c23)[CH-]N5c2[c-]c(Oc3[c-]c4c(cc3)c3ccccc3n4-c3cc(C(C)(C)C)ccn3)ccc2)cc(C(C)(C)C)c1)(C([2H])([2H])[2H])C([2H])([2H])[2H].[Pt]. The van der Waals surface area contributed by atoms with Gasteiger partial charge in [0.25, 0.3) is 0 Å². The van der Waals surface area contributed by atoms with E-state index >= 15 is 0 Å². The van der Waals surface area contributed by atoms with E-state index in [1.165, 1.54) is 12.1 Å². The second-order valence-electron chi connectivity index (χ2n) is 22.3. The Balaban J connectivity index is 0.00000739. The molecule has 5 nitrogen and oxygen atoms in total. The van der Waals surface area contributed by atoms with Crippen molar-refractivity contribution in [3.8, 4) is 39.6 Å². The van der Waals surface area contributed by atoms with Crippen molar-refractivity contribution in [1.29, 1.82) is 0 Å². The Morgan fingerprint density at radius 2 is 1.08 bits per heavy atom. The Bertz CT molecular complexity index is 4740. The van der Waals surface area contributed by atoms with Crippen molar-refractivity contribution in [3.63, 3.8) is 0 Å². The zero-order valence-corrected chi connectivity index (χ0v) is 46.4. The van der Waals surface area contributed by atoms with E-state index in [9.17, 15) is 0 Å². The van der Waals surface area contributed by atoms with Gasteiger partial charge >= 0.3 is 0 Å². The van der Waals surface area contributed by atoms with Crippen molar-refractivity contribution in [3.05, 3.63) is 236 Å². The molecule has 9 aromatic carbocycles. The molecule has 0 saturated carbocycles. The zero-order chi connectivity index (χ0) is 60.5. The second-order valence-corrected chi connectivity index (χ2v) is 22.3. The van der Waals surface area contributed by atoms with Crippen LogP contribution in [0.2, 0.25) is 0 Å². The molecular weight excluding hydrogens is 1130 g/mol. The number of anilines is 2. The standard InChI is InChI=1S/C72H61N4O.Pt/c1-70(2,3)48-37-38-73-66(42-48)76-63-31-18-17-29-59(63)60-34-33-53(44-65(60)76)77-52-24-19-23-51(43-52)74-45-75-68-61(30-20-32-64(68)74)57-27-15-13-25-55(57)56-26-14-16-28-58(56)62-36-35-54(46-21-11-10-12-22-46)67(69(62)75)47-39-49(71(4,5)6)41-50(40-47)72(7,8)9;/h10-42,45H,1-9H3;/q-3;/i4D3,5D3,6D3;. The van der Waals surface area contributed by atoms with Crippen LogP contribution in [0.25, 0.3) is 93.2 Å². The summed E-state index contributed by atoms with van der Waals surface area (Å²) in [7, 11) is 0. The van der Waals surface area contributed by atoms with Gasteiger partial charge in [-0.25, -0.2) is 4.98 Å². The topological polar surface area (TPSA) is 35.2 Å². The Morgan fingerprint density at radius 3 is 1.77 bits per heavy atom. The first kappa shape index (κ1) is 41.0. The average molecular weight is 1200 g/mol. The van der Waals surface area contributed by atoms with Crippen LogP contribution in [0.15, 0.2) is 200 Å². The molecule has 12 aromatic rings. The molecule has 0 fully saturated rings. The van der Waals surface area contributed by atoms with Crippen LogP contribution < -0.4 is 9.64 Å².